The molecule has 1 saturated heterocycles. The molecule has 1 aliphatic heterocycles. The SMILES string of the molecule is Cc1cc(N[C@@H]2CCN(C(=O)OC3C4CC5CC3CC(C(N)=O)(C5)C4)C2)nc(C)n1. The molecule has 6 rings (SSSR count). The normalized spacial score (nSPS) is 36.7. The summed E-state index contributed by atoms with van der Waals surface area (Å²) in [6, 6.07) is 2.08. The first kappa shape index (κ1) is 19.6. The summed E-state index contributed by atoms with van der Waals surface area (Å²) >= 11 is 0. The minimum atomic E-state index is -0.351. The molecule has 4 bridgehead atoms. The van der Waals surface area contributed by atoms with E-state index in [1.807, 2.05) is 19.9 Å². The van der Waals surface area contributed by atoms with Gasteiger partial charge in [-0.1, -0.05) is 0 Å². The zero-order valence-electron chi connectivity index (χ0n) is 17.8. The number of ether oxygens (including phenoxy) is 1. The zero-order valence-corrected chi connectivity index (χ0v) is 17.8. The Kier molecular flexibility index (Phi) is 4.63. The van der Waals surface area contributed by atoms with Gasteiger partial charge in [-0.3, -0.25) is 4.79 Å². The Labute approximate surface area is 177 Å². The lowest BCUT2D eigenvalue weighted by molar-refractivity contribution is -0.161. The van der Waals surface area contributed by atoms with E-state index in [4.69, 9.17) is 10.5 Å². The van der Waals surface area contributed by atoms with Crippen LogP contribution in [0.15, 0.2) is 6.07 Å². The molecule has 0 aromatic carbocycles. The lowest BCUT2D eigenvalue weighted by Gasteiger charge is -2.58. The molecule has 2 unspecified atom stereocenters. The van der Waals surface area contributed by atoms with Crippen molar-refractivity contribution in [2.24, 2.45) is 28.9 Å². The topological polar surface area (TPSA) is 110 Å². The number of hydrogen-bond donors (Lipinski definition) is 2. The van der Waals surface area contributed by atoms with Gasteiger partial charge < -0.3 is 20.7 Å². The lowest BCUT2D eigenvalue weighted by Crippen LogP contribution is -2.59. The molecule has 1 aromatic rings. The number of anilines is 1. The quantitative estimate of drug-likeness (QED) is 0.784. The third-order valence-corrected chi connectivity index (χ3v) is 7.71. The van der Waals surface area contributed by atoms with Crippen molar-refractivity contribution < 1.29 is 14.3 Å². The van der Waals surface area contributed by atoms with Crippen molar-refractivity contribution in [2.75, 3.05) is 18.4 Å². The molecular weight excluding hydrogens is 382 g/mol. The van der Waals surface area contributed by atoms with E-state index in [1.165, 1.54) is 0 Å². The number of primary amides is 1. The van der Waals surface area contributed by atoms with Crippen LogP contribution in [-0.4, -0.2) is 52.1 Å². The van der Waals surface area contributed by atoms with E-state index in [0.29, 0.717) is 19.0 Å². The number of carbonyl (C=O) groups is 2. The number of nitrogens with two attached hydrogens (primary N) is 1. The summed E-state index contributed by atoms with van der Waals surface area (Å²) in [5.74, 6) is 2.49. The predicted molar refractivity (Wildman–Crippen MR) is 111 cm³/mol. The third-order valence-electron chi connectivity index (χ3n) is 7.71. The van der Waals surface area contributed by atoms with Crippen molar-refractivity contribution >= 4 is 17.8 Å². The molecule has 5 aliphatic rings. The Morgan fingerprint density at radius 1 is 1.20 bits per heavy atom. The van der Waals surface area contributed by atoms with E-state index in [-0.39, 0.29) is 41.4 Å². The van der Waals surface area contributed by atoms with Crippen LogP contribution in [0.2, 0.25) is 0 Å². The van der Waals surface area contributed by atoms with Crippen molar-refractivity contribution in [3.8, 4) is 0 Å². The molecular formula is C22H31N5O3. The molecule has 8 nitrogen and oxygen atoms in total. The molecule has 162 valence electrons. The van der Waals surface area contributed by atoms with Crippen molar-refractivity contribution in [3.05, 3.63) is 17.6 Å². The van der Waals surface area contributed by atoms with Crippen molar-refractivity contribution in [1.29, 1.82) is 0 Å². The Morgan fingerprint density at radius 3 is 2.60 bits per heavy atom. The molecule has 0 radical (unpaired) electrons. The fourth-order valence-corrected chi connectivity index (χ4v) is 6.71. The molecule has 2 heterocycles. The summed E-state index contributed by atoms with van der Waals surface area (Å²) < 4.78 is 6.05. The highest BCUT2D eigenvalue weighted by molar-refractivity contribution is 5.81. The van der Waals surface area contributed by atoms with Crippen LogP contribution < -0.4 is 11.1 Å². The molecule has 2 amide bonds. The first-order chi connectivity index (χ1) is 14.3. The van der Waals surface area contributed by atoms with Gasteiger partial charge in [0, 0.05) is 30.9 Å². The maximum Gasteiger partial charge on any atom is 0.410 e. The summed E-state index contributed by atoms with van der Waals surface area (Å²) in [5, 5.41) is 3.43. The summed E-state index contributed by atoms with van der Waals surface area (Å²) in [6.45, 7) is 5.11. The fourth-order valence-electron chi connectivity index (χ4n) is 6.71. The smallest absolute Gasteiger partial charge is 0.410 e. The maximum atomic E-state index is 12.9. The van der Waals surface area contributed by atoms with Gasteiger partial charge in [-0.25, -0.2) is 14.8 Å². The highest BCUT2D eigenvalue weighted by Gasteiger charge is 2.59. The third kappa shape index (κ3) is 3.40. The monoisotopic (exact) mass is 413 g/mol. The zero-order chi connectivity index (χ0) is 21.0. The molecule has 5 fully saturated rings. The standard InChI is InChI=1S/C22H31N5O3/c1-12-5-18(25-13(2)24-12)26-17-3-4-27(11-17)21(29)30-19-15-6-14-7-16(19)10-22(8-14,9-15)20(23)28/h5,14-17,19H,3-4,6-11H2,1-2H3,(H2,23,28)(H,24,25,26)/t14?,15?,16?,17-,19?,22?/m1/s1. The average Bonchev–Trinajstić information content (AvgIpc) is 3.11. The van der Waals surface area contributed by atoms with Crippen LogP contribution in [0.25, 0.3) is 0 Å². The van der Waals surface area contributed by atoms with Gasteiger partial charge in [0.05, 0.1) is 5.41 Å². The number of aryl methyl sites for hydroxylation is 2. The molecule has 30 heavy (non-hydrogen) atoms. The van der Waals surface area contributed by atoms with E-state index >= 15 is 0 Å². The molecule has 0 spiro atoms. The average molecular weight is 414 g/mol. The maximum absolute atomic E-state index is 12.9. The van der Waals surface area contributed by atoms with Gasteiger partial charge in [-0.15, -0.1) is 0 Å². The minimum Gasteiger partial charge on any atom is -0.446 e. The number of likely N-dealkylation sites (tertiary alicyclic amines) is 1. The number of nitrogens with one attached hydrogen (secondary N) is 1. The Morgan fingerprint density at radius 2 is 1.93 bits per heavy atom. The summed E-state index contributed by atoms with van der Waals surface area (Å²) in [5.41, 5.74) is 6.34. The van der Waals surface area contributed by atoms with Crippen LogP contribution >= 0.6 is 0 Å². The number of aromatic nitrogens is 2. The summed E-state index contributed by atoms with van der Waals surface area (Å²) in [4.78, 5) is 35.6. The van der Waals surface area contributed by atoms with Gasteiger partial charge in [-0.05, 0) is 70.1 Å². The number of hydrogen-bond acceptors (Lipinski definition) is 6. The first-order valence-electron chi connectivity index (χ1n) is 11.2. The van der Waals surface area contributed by atoms with Crippen molar-refractivity contribution in [2.45, 2.75) is 64.5 Å². The van der Waals surface area contributed by atoms with Crippen LogP contribution in [-0.2, 0) is 9.53 Å². The van der Waals surface area contributed by atoms with Crippen LogP contribution in [0.5, 0.6) is 0 Å². The van der Waals surface area contributed by atoms with Gasteiger partial charge in [0.15, 0.2) is 0 Å². The highest BCUT2D eigenvalue weighted by atomic mass is 16.6. The number of carbonyl (C=O) groups excluding carboxylic acids is 2. The predicted octanol–water partition coefficient (Wildman–Crippen LogP) is 2.40. The van der Waals surface area contributed by atoms with E-state index in [0.717, 1.165) is 55.9 Å². The molecule has 3 atom stereocenters. The molecule has 3 N–H and O–H groups in total. The first-order valence-corrected chi connectivity index (χ1v) is 11.2. The van der Waals surface area contributed by atoms with Gasteiger partial charge >= 0.3 is 6.09 Å². The minimum absolute atomic E-state index is 0.0688. The van der Waals surface area contributed by atoms with Gasteiger partial charge in [0.25, 0.3) is 0 Å². The van der Waals surface area contributed by atoms with Gasteiger partial charge in [0.2, 0.25) is 5.91 Å². The molecule has 4 saturated carbocycles. The molecule has 8 heteroatoms. The number of rotatable bonds is 4. The van der Waals surface area contributed by atoms with Crippen LogP contribution in [0.3, 0.4) is 0 Å². The van der Waals surface area contributed by atoms with E-state index in [2.05, 4.69) is 15.3 Å². The van der Waals surface area contributed by atoms with Crippen molar-refractivity contribution in [1.82, 2.24) is 14.9 Å². The second-order valence-corrected chi connectivity index (χ2v) is 9.98. The summed E-state index contributed by atoms with van der Waals surface area (Å²) in [6.07, 6.45) is 5.17. The van der Waals surface area contributed by atoms with Crippen LogP contribution in [0, 0.1) is 37.0 Å². The summed E-state index contributed by atoms with van der Waals surface area (Å²) in [7, 11) is 0. The molecule has 1 aromatic heterocycles. The van der Waals surface area contributed by atoms with E-state index in [1.54, 1.807) is 4.90 Å². The molecule has 4 aliphatic carbocycles. The van der Waals surface area contributed by atoms with Crippen LogP contribution in [0.1, 0.15) is 50.0 Å². The van der Waals surface area contributed by atoms with E-state index < -0.39 is 0 Å². The number of nitrogens with zero attached hydrogens (tertiary/aromatic N) is 3. The van der Waals surface area contributed by atoms with Crippen molar-refractivity contribution in [3.63, 3.8) is 0 Å². The van der Waals surface area contributed by atoms with E-state index in [9.17, 15) is 9.59 Å². The fraction of sp³-hybridized carbons (Fsp3) is 0.727. The Balaban J connectivity index is 1.19. The Hall–Kier alpha value is -2.38. The number of amides is 2. The largest absolute Gasteiger partial charge is 0.446 e. The second kappa shape index (κ2) is 7.10. The van der Waals surface area contributed by atoms with Gasteiger partial charge in [-0.2, -0.15) is 0 Å². The second-order valence-electron chi connectivity index (χ2n) is 9.98. The van der Waals surface area contributed by atoms with Gasteiger partial charge in [0.1, 0.15) is 17.7 Å². The lowest BCUT2D eigenvalue weighted by atomic mass is 9.48. The Bertz CT molecular complexity index is 838. The highest BCUT2D eigenvalue weighted by Crippen LogP contribution is 2.60. The van der Waals surface area contributed by atoms with Crippen LogP contribution in [0.4, 0.5) is 10.6 Å².